The summed E-state index contributed by atoms with van der Waals surface area (Å²) in [5.74, 6) is 0. The first-order valence-corrected chi connectivity index (χ1v) is 6.92. The fraction of sp³-hybridized carbons (Fsp3) is 0.417. The molecule has 0 bridgehead atoms. The van der Waals surface area contributed by atoms with Crippen LogP contribution >= 0.6 is 27.5 Å². The maximum absolute atomic E-state index is 12.1. The van der Waals surface area contributed by atoms with Gasteiger partial charge in [-0.2, -0.15) is 0 Å². The fourth-order valence-corrected chi connectivity index (χ4v) is 2.44. The number of aliphatic hydroxyl groups is 1. The Labute approximate surface area is 119 Å². The summed E-state index contributed by atoms with van der Waals surface area (Å²) in [4.78, 5) is 13.7. The molecule has 1 aliphatic rings. The highest BCUT2D eigenvalue weighted by atomic mass is 79.9. The second kappa shape index (κ2) is 5.91. The summed E-state index contributed by atoms with van der Waals surface area (Å²) in [5, 5.41) is 12.2. The van der Waals surface area contributed by atoms with Gasteiger partial charge in [0.05, 0.1) is 17.3 Å². The Balaban J connectivity index is 2.05. The molecule has 0 unspecified atom stereocenters. The lowest BCUT2D eigenvalue weighted by atomic mass is 10.3. The third kappa shape index (κ3) is 3.37. The number of hydrogen-bond acceptors (Lipinski definition) is 2. The molecule has 0 atom stereocenters. The Bertz CT molecular complexity index is 452. The Morgan fingerprint density at radius 3 is 2.83 bits per heavy atom. The summed E-state index contributed by atoms with van der Waals surface area (Å²) in [7, 11) is 0. The molecule has 0 aliphatic heterocycles. The molecular weight excluding hydrogens is 320 g/mol. The van der Waals surface area contributed by atoms with Crippen LogP contribution in [-0.4, -0.2) is 35.2 Å². The van der Waals surface area contributed by atoms with Crippen LogP contribution < -0.4 is 5.32 Å². The van der Waals surface area contributed by atoms with Gasteiger partial charge in [0, 0.05) is 17.1 Å². The highest BCUT2D eigenvalue weighted by molar-refractivity contribution is 9.10. The minimum absolute atomic E-state index is 0.0298. The van der Waals surface area contributed by atoms with E-state index in [1.165, 1.54) is 0 Å². The van der Waals surface area contributed by atoms with E-state index in [-0.39, 0.29) is 18.7 Å². The van der Waals surface area contributed by atoms with Gasteiger partial charge in [0.2, 0.25) is 0 Å². The van der Waals surface area contributed by atoms with E-state index < -0.39 is 0 Å². The predicted octanol–water partition coefficient (Wildman–Crippen LogP) is 3.09. The SMILES string of the molecule is O=C(Nc1ccc(Br)cc1Cl)N(CCO)C1CC1. The number of nitrogens with zero attached hydrogens (tertiary/aromatic N) is 1. The van der Waals surface area contributed by atoms with Crippen molar-refractivity contribution in [3.63, 3.8) is 0 Å². The number of nitrogens with one attached hydrogen (secondary N) is 1. The van der Waals surface area contributed by atoms with Crippen LogP contribution in [-0.2, 0) is 0 Å². The van der Waals surface area contributed by atoms with Crippen molar-refractivity contribution in [2.45, 2.75) is 18.9 Å². The van der Waals surface area contributed by atoms with E-state index in [4.69, 9.17) is 16.7 Å². The summed E-state index contributed by atoms with van der Waals surface area (Å²) in [6.07, 6.45) is 2.00. The van der Waals surface area contributed by atoms with Gasteiger partial charge in [-0.1, -0.05) is 27.5 Å². The zero-order valence-electron chi connectivity index (χ0n) is 9.70. The molecule has 1 saturated carbocycles. The van der Waals surface area contributed by atoms with Gasteiger partial charge in [-0.05, 0) is 31.0 Å². The Hall–Kier alpha value is -0.780. The molecule has 0 heterocycles. The first-order valence-electron chi connectivity index (χ1n) is 5.75. The van der Waals surface area contributed by atoms with Crippen molar-refractivity contribution in [1.82, 2.24) is 4.90 Å². The maximum atomic E-state index is 12.1. The van der Waals surface area contributed by atoms with Crippen LogP contribution in [0.2, 0.25) is 5.02 Å². The Morgan fingerprint density at radius 2 is 2.28 bits per heavy atom. The zero-order chi connectivity index (χ0) is 13.1. The highest BCUT2D eigenvalue weighted by Crippen LogP contribution is 2.29. The minimum Gasteiger partial charge on any atom is -0.395 e. The number of anilines is 1. The van der Waals surface area contributed by atoms with Crippen molar-refractivity contribution in [3.8, 4) is 0 Å². The molecule has 0 aromatic heterocycles. The summed E-state index contributed by atoms with van der Waals surface area (Å²) < 4.78 is 0.861. The lowest BCUT2D eigenvalue weighted by molar-refractivity contribution is 0.185. The first kappa shape index (κ1) is 13.6. The van der Waals surface area contributed by atoms with E-state index >= 15 is 0 Å². The summed E-state index contributed by atoms with van der Waals surface area (Å²) in [6, 6.07) is 5.33. The van der Waals surface area contributed by atoms with Gasteiger partial charge in [-0.25, -0.2) is 4.79 Å². The second-order valence-electron chi connectivity index (χ2n) is 4.20. The molecule has 18 heavy (non-hydrogen) atoms. The van der Waals surface area contributed by atoms with Gasteiger partial charge in [0.1, 0.15) is 0 Å². The molecule has 0 spiro atoms. The molecule has 1 aromatic carbocycles. The highest BCUT2D eigenvalue weighted by Gasteiger charge is 2.32. The normalized spacial score (nSPS) is 14.4. The van der Waals surface area contributed by atoms with E-state index in [0.717, 1.165) is 17.3 Å². The molecule has 1 aliphatic carbocycles. The molecule has 98 valence electrons. The molecule has 6 heteroatoms. The maximum Gasteiger partial charge on any atom is 0.322 e. The monoisotopic (exact) mass is 332 g/mol. The lowest BCUT2D eigenvalue weighted by Gasteiger charge is -2.22. The Kier molecular flexibility index (Phi) is 4.48. The number of carbonyl (C=O) groups is 1. The van der Waals surface area contributed by atoms with Crippen LogP contribution in [0.15, 0.2) is 22.7 Å². The number of amides is 2. The number of benzene rings is 1. The predicted molar refractivity (Wildman–Crippen MR) is 75.0 cm³/mol. The van der Waals surface area contributed by atoms with E-state index in [2.05, 4.69) is 21.2 Å². The van der Waals surface area contributed by atoms with Crippen LogP contribution in [0, 0.1) is 0 Å². The van der Waals surface area contributed by atoms with Gasteiger partial charge in [-0.15, -0.1) is 0 Å². The van der Waals surface area contributed by atoms with Crippen LogP contribution in [0.5, 0.6) is 0 Å². The molecule has 2 amide bonds. The molecule has 0 saturated heterocycles. The summed E-state index contributed by atoms with van der Waals surface area (Å²) >= 11 is 9.35. The van der Waals surface area contributed by atoms with Gasteiger partial charge in [0.15, 0.2) is 0 Å². The molecule has 4 nitrogen and oxygen atoms in total. The van der Waals surface area contributed by atoms with Gasteiger partial charge in [-0.3, -0.25) is 0 Å². The molecule has 1 aromatic rings. The number of aliphatic hydroxyl groups excluding tert-OH is 1. The lowest BCUT2D eigenvalue weighted by Crippen LogP contribution is -2.38. The fourth-order valence-electron chi connectivity index (χ4n) is 1.72. The summed E-state index contributed by atoms with van der Waals surface area (Å²) in [5.41, 5.74) is 0.577. The van der Waals surface area contributed by atoms with E-state index in [1.54, 1.807) is 17.0 Å². The molecular formula is C12H14BrClN2O2. The second-order valence-corrected chi connectivity index (χ2v) is 5.53. The van der Waals surface area contributed by atoms with Gasteiger partial charge >= 0.3 is 6.03 Å². The van der Waals surface area contributed by atoms with Crippen molar-refractivity contribution in [2.75, 3.05) is 18.5 Å². The first-order chi connectivity index (χ1) is 8.61. The van der Waals surface area contributed by atoms with Crippen LogP contribution in [0.1, 0.15) is 12.8 Å². The quantitative estimate of drug-likeness (QED) is 0.889. The average Bonchev–Trinajstić information content (AvgIpc) is 3.13. The summed E-state index contributed by atoms with van der Waals surface area (Å²) in [6.45, 7) is 0.322. The van der Waals surface area contributed by atoms with Crippen LogP contribution in [0.3, 0.4) is 0 Å². The topological polar surface area (TPSA) is 52.6 Å². The largest absolute Gasteiger partial charge is 0.395 e. The van der Waals surface area contributed by atoms with Crippen molar-refractivity contribution >= 4 is 39.2 Å². The number of rotatable bonds is 4. The van der Waals surface area contributed by atoms with Crippen LogP contribution in [0.25, 0.3) is 0 Å². The van der Waals surface area contributed by atoms with Crippen molar-refractivity contribution in [1.29, 1.82) is 0 Å². The molecule has 2 N–H and O–H groups in total. The average molecular weight is 334 g/mol. The Morgan fingerprint density at radius 1 is 1.56 bits per heavy atom. The van der Waals surface area contributed by atoms with Gasteiger partial charge in [0.25, 0.3) is 0 Å². The third-order valence-electron chi connectivity index (χ3n) is 2.76. The smallest absolute Gasteiger partial charge is 0.322 e. The number of hydrogen-bond donors (Lipinski definition) is 2. The standard InChI is InChI=1S/C12H14BrClN2O2/c13-8-1-4-11(10(14)7-8)15-12(18)16(5-6-17)9-2-3-9/h1,4,7,9,17H,2-3,5-6H2,(H,15,18). The van der Waals surface area contributed by atoms with E-state index in [9.17, 15) is 4.79 Å². The van der Waals surface area contributed by atoms with Crippen molar-refractivity contribution in [3.05, 3.63) is 27.7 Å². The number of carbonyl (C=O) groups excluding carboxylic acids is 1. The van der Waals surface area contributed by atoms with Crippen LogP contribution in [0.4, 0.5) is 10.5 Å². The van der Waals surface area contributed by atoms with Gasteiger partial charge < -0.3 is 15.3 Å². The van der Waals surface area contributed by atoms with Crippen molar-refractivity contribution < 1.29 is 9.90 Å². The minimum atomic E-state index is -0.212. The van der Waals surface area contributed by atoms with E-state index in [0.29, 0.717) is 17.3 Å². The number of urea groups is 1. The molecule has 1 fully saturated rings. The van der Waals surface area contributed by atoms with Crippen molar-refractivity contribution in [2.24, 2.45) is 0 Å². The number of halogens is 2. The van der Waals surface area contributed by atoms with E-state index in [1.807, 2.05) is 6.07 Å². The molecule has 2 rings (SSSR count). The third-order valence-corrected chi connectivity index (χ3v) is 3.57. The molecule has 0 radical (unpaired) electrons. The zero-order valence-corrected chi connectivity index (χ0v) is 12.0.